The van der Waals surface area contributed by atoms with Crippen molar-refractivity contribution in [1.29, 1.82) is 0 Å². The van der Waals surface area contributed by atoms with Crippen molar-refractivity contribution < 1.29 is 0 Å². The van der Waals surface area contributed by atoms with E-state index in [4.69, 9.17) is 0 Å². The van der Waals surface area contributed by atoms with Gasteiger partial charge in [-0.2, -0.15) is 0 Å². The zero-order valence-electron chi connectivity index (χ0n) is 9.88. The van der Waals surface area contributed by atoms with Gasteiger partial charge in [-0.25, -0.2) is 0 Å². The van der Waals surface area contributed by atoms with E-state index in [0.717, 1.165) is 6.54 Å². The van der Waals surface area contributed by atoms with E-state index in [1.165, 1.54) is 24.0 Å². The first-order valence-electron chi connectivity index (χ1n) is 5.82. The largest absolute Gasteiger partial charge is 0.307 e. The van der Waals surface area contributed by atoms with E-state index < -0.39 is 0 Å². The summed E-state index contributed by atoms with van der Waals surface area (Å²) in [6.45, 7) is 7.83. The van der Waals surface area contributed by atoms with Gasteiger partial charge < -0.3 is 5.32 Å². The number of aromatic nitrogens is 1. The second-order valence-corrected chi connectivity index (χ2v) is 4.91. The van der Waals surface area contributed by atoms with Gasteiger partial charge in [-0.1, -0.05) is 19.9 Å². The fraction of sp³-hybridized carbons (Fsp3) is 0.615. The smallest absolute Gasteiger partial charge is 0.0473 e. The van der Waals surface area contributed by atoms with Crippen molar-refractivity contribution in [3.63, 3.8) is 0 Å². The van der Waals surface area contributed by atoms with Crippen LogP contribution in [0.2, 0.25) is 0 Å². The first kappa shape index (κ1) is 10.6. The van der Waals surface area contributed by atoms with Crippen LogP contribution >= 0.6 is 0 Å². The molecule has 1 aliphatic heterocycles. The zero-order chi connectivity index (χ0) is 10.9. The first-order chi connectivity index (χ1) is 7.15. The molecule has 0 aliphatic carbocycles. The number of aryl methyl sites for hydroxylation is 1. The SMILES string of the molecule is Cc1cncc(C2(C(C)C)CCCN2)c1. The molecule has 1 fully saturated rings. The molecule has 2 heterocycles. The molecular weight excluding hydrogens is 184 g/mol. The summed E-state index contributed by atoms with van der Waals surface area (Å²) in [6, 6.07) is 2.27. The van der Waals surface area contributed by atoms with Gasteiger partial charge >= 0.3 is 0 Å². The molecule has 1 aromatic rings. The van der Waals surface area contributed by atoms with Crippen LogP contribution in [0.4, 0.5) is 0 Å². The van der Waals surface area contributed by atoms with E-state index in [9.17, 15) is 0 Å². The highest BCUT2D eigenvalue weighted by Crippen LogP contribution is 2.37. The highest BCUT2D eigenvalue weighted by molar-refractivity contribution is 5.27. The number of pyridine rings is 1. The van der Waals surface area contributed by atoms with Gasteiger partial charge in [0.15, 0.2) is 0 Å². The van der Waals surface area contributed by atoms with E-state index in [0.29, 0.717) is 5.92 Å². The van der Waals surface area contributed by atoms with Crippen LogP contribution in [-0.2, 0) is 5.54 Å². The summed E-state index contributed by atoms with van der Waals surface area (Å²) in [4.78, 5) is 4.32. The van der Waals surface area contributed by atoms with E-state index >= 15 is 0 Å². The summed E-state index contributed by atoms with van der Waals surface area (Å²) in [7, 11) is 0. The maximum Gasteiger partial charge on any atom is 0.0473 e. The molecule has 1 unspecified atom stereocenters. The van der Waals surface area contributed by atoms with E-state index in [1.54, 1.807) is 0 Å². The Morgan fingerprint density at radius 2 is 2.20 bits per heavy atom. The Hall–Kier alpha value is -0.890. The Morgan fingerprint density at radius 1 is 1.40 bits per heavy atom. The number of nitrogens with zero attached hydrogens (tertiary/aromatic N) is 1. The molecule has 1 saturated heterocycles. The lowest BCUT2D eigenvalue weighted by Crippen LogP contribution is -2.41. The predicted molar refractivity (Wildman–Crippen MR) is 62.7 cm³/mol. The standard InChI is InChI=1S/C13H20N2/c1-10(2)13(5-4-6-15-13)12-7-11(3)8-14-9-12/h7-10,15H,4-6H2,1-3H3. The van der Waals surface area contributed by atoms with Crippen LogP contribution in [-0.4, -0.2) is 11.5 Å². The van der Waals surface area contributed by atoms with Crippen LogP contribution in [0, 0.1) is 12.8 Å². The van der Waals surface area contributed by atoms with Gasteiger partial charge in [-0.05, 0) is 43.4 Å². The van der Waals surface area contributed by atoms with Crippen molar-refractivity contribution in [1.82, 2.24) is 10.3 Å². The summed E-state index contributed by atoms with van der Waals surface area (Å²) < 4.78 is 0. The topological polar surface area (TPSA) is 24.9 Å². The van der Waals surface area contributed by atoms with Crippen molar-refractivity contribution in [3.05, 3.63) is 29.6 Å². The molecule has 0 aromatic carbocycles. The molecule has 2 heteroatoms. The van der Waals surface area contributed by atoms with Gasteiger partial charge in [0.1, 0.15) is 0 Å². The minimum Gasteiger partial charge on any atom is -0.307 e. The molecule has 1 atom stereocenters. The highest BCUT2D eigenvalue weighted by atomic mass is 15.0. The van der Waals surface area contributed by atoms with Crippen molar-refractivity contribution in [3.8, 4) is 0 Å². The maximum atomic E-state index is 4.32. The molecule has 2 nitrogen and oxygen atoms in total. The van der Waals surface area contributed by atoms with Crippen LogP contribution in [0.25, 0.3) is 0 Å². The normalized spacial score (nSPS) is 26.1. The lowest BCUT2D eigenvalue weighted by molar-refractivity contribution is 0.276. The van der Waals surface area contributed by atoms with Gasteiger partial charge in [-0.15, -0.1) is 0 Å². The van der Waals surface area contributed by atoms with Gasteiger partial charge in [0.2, 0.25) is 0 Å². The highest BCUT2D eigenvalue weighted by Gasteiger charge is 2.38. The molecule has 0 saturated carbocycles. The number of hydrogen-bond donors (Lipinski definition) is 1. The van der Waals surface area contributed by atoms with E-state index in [1.807, 2.05) is 12.4 Å². The number of hydrogen-bond acceptors (Lipinski definition) is 2. The van der Waals surface area contributed by atoms with Gasteiger partial charge in [0.25, 0.3) is 0 Å². The van der Waals surface area contributed by atoms with Gasteiger partial charge in [0, 0.05) is 17.9 Å². The van der Waals surface area contributed by atoms with Crippen molar-refractivity contribution >= 4 is 0 Å². The van der Waals surface area contributed by atoms with Gasteiger partial charge in [0.05, 0.1) is 0 Å². The van der Waals surface area contributed by atoms with Crippen LogP contribution < -0.4 is 5.32 Å². The molecule has 82 valence electrons. The van der Waals surface area contributed by atoms with E-state index in [2.05, 4.69) is 37.1 Å². The van der Waals surface area contributed by atoms with Crippen LogP contribution in [0.5, 0.6) is 0 Å². The lowest BCUT2D eigenvalue weighted by Gasteiger charge is -2.34. The minimum absolute atomic E-state index is 0.166. The van der Waals surface area contributed by atoms with Crippen LogP contribution in [0.1, 0.15) is 37.8 Å². The third-order valence-electron chi connectivity index (χ3n) is 3.56. The second kappa shape index (κ2) is 3.93. The molecule has 0 radical (unpaired) electrons. The van der Waals surface area contributed by atoms with E-state index in [-0.39, 0.29) is 5.54 Å². The Labute approximate surface area is 92.1 Å². The fourth-order valence-electron chi connectivity index (χ4n) is 2.64. The van der Waals surface area contributed by atoms with Crippen molar-refractivity contribution in [2.75, 3.05) is 6.54 Å². The third-order valence-corrected chi connectivity index (χ3v) is 3.56. The molecule has 2 rings (SSSR count). The lowest BCUT2D eigenvalue weighted by atomic mass is 9.79. The molecule has 0 spiro atoms. The van der Waals surface area contributed by atoms with Crippen LogP contribution in [0.3, 0.4) is 0 Å². The Balaban J connectivity index is 2.41. The molecule has 15 heavy (non-hydrogen) atoms. The Morgan fingerprint density at radius 3 is 2.73 bits per heavy atom. The number of nitrogens with one attached hydrogen (secondary N) is 1. The average molecular weight is 204 g/mol. The third kappa shape index (κ3) is 1.78. The summed E-state index contributed by atoms with van der Waals surface area (Å²) >= 11 is 0. The van der Waals surface area contributed by atoms with Crippen molar-refractivity contribution in [2.45, 2.75) is 39.2 Å². The number of rotatable bonds is 2. The monoisotopic (exact) mass is 204 g/mol. The van der Waals surface area contributed by atoms with Crippen molar-refractivity contribution in [2.24, 2.45) is 5.92 Å². The maximum absolute atomic E-state index is 4.32. The second-order valence-electron chi connectivity index (χ2n) is 4.91. The average Bonchev–Trinajstić information content (AvgIpc) is 2.67. The predicted octanol–water partition coefficient (Wildman–Crippen LogP) is 2.62. The Kier molecular flexibility index (Phi) is 2.79. The molecule has 0 bridgehead atoms. The summed E-state index contributed by atoms with van der Waals surface area (Å²) in [5, 5.41) is 3.67. The fourth-order valence-corrected chi connectivity index (χ4v) is 2.64. The van der Waals surface area contributed by atoms with Crippen LogP contribution in [0.15, 0.2) is 18.5 Å². The minimum atomic E-state index is 0.166. The molecular formula is C13H20N2. The summed E-state index contributed by atoms with van der Waals surface area (Å²) in [5.41, 5.74) is 2.77. The first-order valence-corrected chi connectivity index (χ1v) is 5.82. The summed E-state index contributed by atoms with van der Waals surface area (Å²) in [6.07, 6.45) is 6.44. The zero-order valence-corrected chi connectivity index (χ0v) is 9.88. The molecule has 0 amide bonds. The molecule has 1 N–H and O–H groups in total. The Bertz CT molecular complexity index is 338. The summed E-state index contributed by atoms with van der Waals surface area (Å²) in [5.74, 6) is 0.614. The quantitative estimate of drug-likeness (QED) is 0.801. The molecule has 1 aliphatic rings. The van der Waals surface area contributed by atoms with Gasteiger partial charge in [-0.3, -0.25) is 4.98 Å². The molecule has 1 aromatic heterocycles.